The summed E-state index contributed by atoms with van der Waals surface area (Å²) in [6.07, 6.45) is 0. The van der Waals surface area contributed by atoms with Crippen molar-refractivity contribution in [2.45, 2.75) is 6.92 Å². The molecule has 1 aromatic carbocycles. The number of nitrogens with zero attached hydrogens (tertiary/aromatic N) is 1. The molecular formula is C16H12BrNO2S. The summed E-state index contributed by atoms with van der Waals surface area (Å²) in [5, 5.41) is 1.00. The van der Waals surface area contributed by atoms with Gasteiger partial charge in [-0.2, -0.15) is 0 Å². The molecule has 5 heteroatoms. The van der Waals surface area contributed by atoms with Crippen molar-refractivity contribution in [3.05, 3.63) is 56.8 Å². The second-order valence-corrected chi connectivity index (χ2v) is 7.06. The third-order valence-electron chi connectivity index (χ3n) is 3.03. The van der Waals surface area contributed by atoms with Gasteiger partial charge in [0.1, 0.15) is 11.3 Å². The molecule has 0 amide bonds. The molecule has 3 aromatic rings. The van der Waals surface area contributed by atoms with E-state index in [9.17, 15) is 4.79 Å². The SMILES string of the molecule is Cc1ccc2cccc(OCC(=O)c3ccc(Br)s3)c2n1. The Kier molecular flexibility index (Phi) is 4.03. The van der Waals surface area contributed by atoms with Gasteiger partial charge in [-0.05, 0) is 47.1 Å². The topological polar surface area (TPSA) is 39.2 Å². The highest BCUT2D eigenvalue weighted by atomic mass is 79.9. The number of hydrogen-bond donors (Lipinski definition) is 0. The molecule has 0 aliphatic carbocycles. The van der Waals surface area contributed by atoms with Gasteiger partial charge in [0, 0.05) is 11.1 Å². The summed E-state index contributed by atoms with van der Waals surface area (Å²) in [5.74, 6) is 0.607. The summed E-state index contributed by atoms with van der Waals surface area (Å²) >= 11 is 4.76. The maximum absolute atomic E-state index is 12.1. The highest BCUT2D eigenvalue weighted by Crippen LogP contribution is 2.25. The van der Waals surface area contributed by atoms with E-state index >= 15 is 0 Å². The second kappa shape index (κ2) is 5.95. The van der Waals surface area contributed by atoms with Crippen LogP contribution in [0.2, 0.25) is 0 Å². The molecule has 0 radical (unpaired) electrons. The molecule has 0 saturated heterocycles. The summed E-state index contributed by atoms with van der Waals surface area (Å²) < 4.78 is 6.62. The van der Waals surface area contributed by atoms with Crippen molar-refractivity contribution in [3.63, 3.8) is 0 Å². The highest BCUT2D eigenvalue weighted by Gasteiger charge is 2.11. The molecule has 2 aromatic heterocycles. The quantitative estimate of drug-likeness (QED) is 0.636. The Morgan fingerprint density at radius 3 is 2.86 bits per heavy atom. The number of ketones is 1. The van der Waals surface area contributed by atoms with Gasteiger partial charge in [-0.25, -0.2) is 4.98 Å². The van der Waals surface area contributed by atoms with Gasteiger partial charge in [-0.1, -0.05) is 18.2 Å². The third-order valence-corrected chi connectivity index (χ3v) is 4.69. The normalized spacial score (nSPS) is 10.8. The molecule has 0 atom stereocenters. The van der Waals surface area contributed by atoms with Crippen LogP contribution in [0.4, 0.5) is 0 Å². The average molecular weight is 362 g/mol. The minimum Gasteiger partial charge on any atom is -0.483 e. The molecule has 3 rings (SSSR count). The van der Waals surface area contributed by atoms with E-state index in [2.05, 4.69) is 20.9 Å². The molecule has 0 bridgehead atoms. The minimum absolute atomic E-state index is 0.0156. The van der Waals surface area contributed by atoms with Gasteiger partial charge in [0.2, 0.25) is 5.78 Å². The van der Waals surface area contributed by atoms with E-state index in [1.165, 1.54) is 11.3 Å². The Bertz CT molecular complexity index is 813. The number of fused-ring (bicyclic) bond motifs is 1. The van der Waals surface area contributed by atoms with Gasteiger partial charge in [0.05, 0.1) is 8.66 Å². The van der Waals surface area contributed by atoms with Gasteiger partial charge < -0.3 is 4.74 Å². The van der Waals surface area contributed by atoms with E-state index in [0.29, 0.717) is 10.6 Å². The van der Waals surface area contributed by atoms with E-state index in [-0.39, 0.29) is 12.4 Å². The first-order chi connectivity index (χ1) is 10.1. The molecule has 0 aliphatic heterocycles. The fourth-order valence-electron chi connectivity index (χ4n) is 2.01. The number of thiophene rings is 1. The predicted octanol–water partition coefficient (Wildman–Crippen LogP) is 4.63. The molecule has 106 valence electrons. The lowest BCUT2D eigenvalue weighted by Crippen LogP contribution is -2.10. The first-order valence-electron chi connectivity index (χ1n) is 6.41. The standard InChI is InChI=1S/C16H12BrNO2S/c1-10-5-6-11-3-2-4-13(16(11)18-10)20-9-12(19)14-7-8-15(17)21-14/h2-8H,9H2,1H3. The average Bonchev–Trinajstić information content (AvgIpc) is 2.91. The van der Waals surface area contributed by atoms with E-state index in [1.807, 2.05) is 43.3 Å². The second-order valence-electron chi connectivity index (χ2n) is 4.60. The fraction of sp³-hybridized carbons (Fsp3) is 0.125. The molecule has 0 unspecified atom stereocenters. The number of pyridine rings is 1. The zero-order chi connectivity index (χ0) is 14.8. The molecule has 0 saturated carbocycles. The Balaban J connectivity index is 1.82. The third kappa shape index (κ3) is 3.14. The van der Waals surface area contributed by atoms with Crippen LogP contribution in [0.15, 0.2) is 46.3 Å². The number of aromatic nitrogens is 1. The van der Waals surface area contributed by atoms with Crippen molar-refractivity contribution in [2.75, 3.05) is 6.61 Å². The van der Waals surface area contributed by atoms with E-state index in [1.54, 1.807) is 6.07 Å². The Morgan fingerprint density at radius 1 is 1.24 bits per heavy atom. The van der Waals surface area contributed by atoms with Crippen LogP contribution < -0.4 is 4.74 Å². The van der Waals surface area contributed by atoms with Crippen molar-refractivity contribution >= 4 is 44.0 Å². The monoisotopic (exact) mass is 361 g/mol. The number of carbonyl (C=O) groups excluding carboxylic acids is 1. The summed E-state index contributed by atoms with van der Waals surface area (Å²) in [6.45, 7) is 1.95. The number of para-hydroxylation sites is 1. The Hall–Kier alpha value is -1.72. The first-order valence-corrected chi connectivity index (χ1v) is 8.02. The number of carbonyl (C=O) groups is 1. The smallest absolute Gasteiger partial charge is 0.210 e. The molecule has 0 N–H and O–H groups in total. The molecule has 0 aliphatic rings. The summed E-state index contributed by atoms with van der Waals surface area (Å²) in [6, 6.07) is 13.3. The fourth-order valence-corrected chi connectivity index (χ4v) is 3.32. The number of rotatable bonds is 4. The van der Waals surface area contributed by atoms with Crippen LogP contribution >= 0.6 is 27.3 Å². The summed E-state index contributed by atoms with van der Waals surface area (Å²) in [4.78, 5) is 17.3. The zero-order valence-electron chi connectivity index (χ0n) is 11.3. The van der Waals surface area contributed by atoms with Gasteiger partial charge in [-0.15, -0.1) is 11.3 Å². The largest absolute Gasteiger partial charge is 0.483 e. The zero-order valence-corrected chi connectivity index (χ0v) is 13.7. The van der Waals surface area contributed by atoms with Crippen LogP contribution in [-0.4, -0.2) is 17.4 Å². The van der Waals surface area contributed by atoms with Crippen LogP contribution in [0.25, 0.3) is 10.9 Å². The number of benzene rings is 1. The predicted molar refractivity (Wildman–Crippen MR) is 88.3 cm³/mol. The van der Waals surface area contributed by atoms with Crippen molar-refractivity contribution in [1.82, 2.24) is 4.98 Å². The van der Waals surface area contributed by atoms with E-state index in [4.69, 9.17) is 4.74 Å². The van der Waals surface area contributed by atoms with Crippen LogP contribution in [-0.2, 0) is 0 Å². The van der Waals surface area contributed by atoms with Gasteiger partial charge in [0.15, 0.2) is 6.61 Å². The molecule has 3 nitrogen and oxygen atoms in total. The number of halogens is 1. The van der Waals surface area contributed by atoms with Crippen molar-refractivity contribution < 1.29 is 9.53 Å². The van der Waals surface area contributed by atoms with Gasteiger partial charge >= 0.3 is 0 Å². The maximum atomic E-state index is 12.1. The Labute approximate surface area is 134 Å². The Morgan fingerprint density at radius 2 is 2.10 bits per heavy atom. The lowest BCUT2D eigenvalue weighted by molar-refractivity contribution is 0.0926. The van der Waals surface area contributed by atoms with E-state index < -0.39 is 0 Å². The minimum atomic E-state index is -0.0321. The lowest BCUT2D eigenvalue weighted by atomic mass is 10.2. The highest BCUT2D eigenvalue weighted by molar-refractivity contribution is 9.11. The number of ether oxygens (including phenoxy) is 1. The molecule has 2 heterocycles. The first kappa shape index (κ1) is 14.2. The van der Waals surface area contributed by atoms with Crippen molar-refractivity contribution in [1.29, 1.82) is 0 Å². The summed E-state index contributed by atoms with van der Waals surface area (Å²) in [7, 11) is 0. The van der Waals surface area contributed by atoms with Crippen molar-refractivity contribution in [3.8, 4) is 5.75 Å². The van der Waals surface area contributed by atoms with E-state index in [0.717, 1.165) is 20.4 Å². The van der Waals surface area contributed by atoms with Crippen LogP contribution in [0, 0.1) is 6.92 Å². The van der Waals surface area contributed by atoms with Gasteiger partial charge in [-0.3, -0.25) is 4.79 Å². The maximum Gasteiger partial charge on any atom is 0.210 e. The van der Waals surface area contributed by atoms with Crippen LogP contribution in [0.3, 0.4) is 0 Å². The molecule has 0 fully saturated rings. The van der Waals surface area contributed by atoms with Crippen molar-refractivity contribution in [2.24, 2.45) is 0 Å². The lowest BCUT2D eigenvalue weighted by Gasteiger charge is -2.08. The number of hydrogen-bond acceptors (Lipinski definition) is 4. The van der Waals surface area contributed by atoms with Gasteiger partial charge in [0.25, 0.3) is 0 Å². The summed E-state index contributed by atoms with van der Waals surface area (Å²) in [5.41, 5.74) is 1.71. The number of Topliss-reactive ketones (excluding diaryl/α,β-unsaturated/α-hetero) is 1. The molecule has 0 spiro atoms. The number of aryl methyl sites for hydroxylation is 1. The van der Waals surface area contributed by atoms with Crippen LogP contribution in [0.1, 0.15) is 15.4 Å². The molecule has 21 heavy (non-hydrogen) atoms. The molecular weight excluding hydrogens is 350 g/mol. The van der Waals surface area contributed by atoms with Crippen LogP contribution in [0.5, 0.6) is 5.75 Å².